The van der Waals surface area contributed by atoms with Crippen molar-refractivity contribution in [2.45, 2.75) is 19.1 Å². The molecular formula is C18H17ClF3N3O. The average molecular weight is 384 g/mol. The quantitative estimate of drug-likeness (QED) is 0.758. The van der Waals surface area contributed by atoms with Gasteiger partial charge < -0.3 is 5.32 Å². The molecule has 0 spiro atoms. The number of alkyl halides is 3. The Morgan fingerprint density at radius 1 is 1.15 bits per heavy atom. The minimum Gasteiger partial charge on any atom is -0.307 e. The van der Waals surface area contributed by atoms with Gasteiger partial charge in [-0.25, -0.2) is 10.2 Å². The molecule has 2 unspecified atom stereocenters. The van der Waals surface area contributed by atoms with E-state index in [1.807, 2.05) is 19.1 Å². The number of nitrogens with zero attached hydrogens (tertiary/aromatic N) is 1. The fraction of sp³-hybridized carbons (Fsp3) is 0.278. The molecule has 138 valence electrons. The van der Waals surface area contributed by atoms with E-state index in [2.05, 4.69) is 10.7 Å². The predicted molar refractivity (Wildman–Crippen MR) is 93.7 cm³/mol. The fourth-order valence-corrected chi connectivity index (χ4v) is 3.02. The third-order valence-corrected chi connectivity index (χ3v) is 4.52. The van der Waals surface area contributed by atoms with Gasteiger partial charge >= 0.3 is 12.2 Å². The van der Waals surface area contributed by atoms with E-state index in [0.717, 1.165) is 17.7 Å². The minimum absolute atomic E-state index is 0.0503. The Kier molecular flexibility index (Phi) is 5.11. The predicted octanol–water partition coefficient (Wildman–Crippen LogP) is 5.09. The number of amides is 2. The maximum atomic E-state index is 12.6. The van der Waals surface area contributed by atoms with Gasteiger partial charge in [-0.2, -0.15) is 13.2 Å². The van der Waals surface area contributed by atoms with Gasteiger partial charge in [0.05, 0.1) is 11.6 Å². The maximum Gasteiger partial charge on any atom is 0.416 e. The van der Waals surface area contributed by atoms with Crippen molar-refractivity contribution in [3.05, 3.63) is 64.7 Å². The molecule has 1 fully saturated rings. The number of halogens is 4. The van der Waals surface area contributed by atoms with Crippen LogP contribution in [0.15, 0.2) is 48.5 Å². The van der Waals surface area contributed by atoms with Crippen molar-refractivity contribution in [2.24, 2.45) is 5.92 Å². The highest BCUT2D eigenvalue weighted by atomic mass is 35.5. The summed E-state index contributed by atoms with van der Waals surface area (Å²) >= 11 is 5.90. The molecule has 2 amide bonds. The van der Waals surface area contributed by atoms with Crippen LogP contribution in [0.2, 0.25) is 5.02 Å². The van der Waals surface area contributed by atoms with Crippen molar-refractivity contribution >= 4 is 23.3 Å². The molecule has 26 heavy (non-hydrogen) atoms. The molecule has 8 heteroatoms. The van der Waals surface area contributed by atoms with E-state index >= 15 is 0 Å². The Labute approximate surface area is 153 Å². The molecule has 4 nitrogen and oxygen atoms in total. The Hall–Kier alpha value is -2.25. The molecule has 0 saturated carbocycles. The number of nitrogens with one attached hydrogen (secondary N) is 2. The van der Waals surface area contributed by atoms with Gasteiger partial charge in [-0.1, -0.05) is 30.7 Å². The molecule has 1 aliphatic heterocycles. The highest BCUT2D eigenvalue weighted by Crippen LogP contribution is 2.31. The zero-order chi connectivity index (χ0) is 18.9. The Morgan fingerprint density at radius 3 is 2.35 bits per heavy atom. The summed E-state index contributed by atoms with van der Waals surface area (Å²) in [5.74, 6) is 0.162. The summed E-state index contributed by atoms with van der Waals surface area (Å²) in [4.78, 5) is 12.4. The highest BCUT2D eigenvalue weighted by molar-refractivity contribution is 6.30. The second-order valence-corrected chi connectivity index (χ2v) is 6.69. The molecule has 2 N–H and O–H groups in total. The standard InChI is InChI=1S/C18H17ClF3N3O/c1-11-10-25(24-16(11)12-2-6-14(19)7-3-12)17(26)23-15-8-4-13(5-9-15)18(20,21)22/h2-9,11,16,24H,10H2,1H3,(H,23,26). The Bertz CT molecular complexity index is 778. The monoisotopic (exact) mass is 383 g/mol. The molecule has 2 aromatic rings. The molecule has 1 saturated heterocycles. The van der Waals surface area contributed by atoms with Crippen LogP contribution in [-0.2, 0) is 6.18 Å². The zero-order valence-corrected chi connectivity index (χ0v) is 14.6. The van der Waals surface area contributed by atoms with Crippen molar-refractivity contribution < 1.29 is 18.0 Å². The van der Waals surface area contributed by atoms with Gasteiger partial charge in [-0.15, -0.1) is 0 Å². The first-order chi connectivity index (χ1) is 12.2. The summed E-state index contributed by atoms with van der Waals surface area (Å²) in [6.07, 6.45) is -4.40. The van der Waals surface area contributed by atoms with Gasteiger partial charge in [0.25, 0.3) is 0 Å². The molecule has 0 aliphatic carbocycles. The topological polar surface area (TPSA) is 44.4 Å². The molecule has 0 bridgehead atoms. The molecule has 1 aliphatic rings. The van der Waals surface area contributed by atoms with Crippen LogP contribution in [0.25, 0.3) is 0 Å². The summed E-state index contributed by atoms with van der Waals surface area (Å²) in [5.41, 5.74) is 3.68. The molecular weight excluding hydrogens is 367 g/mol. The fourth-order valence-electron chi connectivity index (χ4n) is 2.89. The minimum atomic E-state index is -4.40. The van der Waals surface area contributed by atoms with E-state index in [9.17, 15) is 18.0 Å². The van der Waals surface area contributed by atoms with E-state index < -0.39 is 17.8 Å². The van der Waals surface area contributed by atoms with Crippen molar-refractivity contribution in [1.29, 1.82) is 0 Å². The van der Waals surface area contributed by atoms with Crippen LogP contribution in [0.4, 0.5) is 23.7 Å². The second-order valence-electron chi connectivity index (χ2n) is 6.25. The van der Waals surface area contributed by atoms with Crippen LogP contribution in [0.3, 0.4) is 0 Å². The van der Waals surface area contributed by atoms with Crippen molar-refractivity contribution in [3.63, 3.8) is 0 Å². The highest BCUT2D eigenvalue weighted by Gasteiger charge is 2.33. The number of anilines is 1. The smallest absolute Gasteiger partial charge is 0.307 e. The lowest BCUT2D eigenvalue weighted by atomic mass is 9.97. The number of carbonyl (C=O) groups is 1. The van der Waals surface area contributed by atoms with Crippen molar-refractivity contribution in [1.82, 2.24) is 10.4 Å². The number of hydrogen-bond donors (Lipinski definition) is 2. The summed E-state index contributed by atoms with van der Waals surface area (Å²) in [7, 11) is 0. The van der Waals surface area contributed by atoms with E-state index in [-0.39, 0.29) is 12.0 Å². The van der Waals surface area contributed by atoms with E-state index in [1.54, 1.807) is 12.1 Å². The first-order valence-corrected chi connectivity index (χ1v) is 8.39. The third kappa shape index (κ3) is 4.11. The van der Waals surface area contributed by atoms with Crippen molar-refractivity contribution in [2.75, 3.05) is 11.9 Å². The number of rotatable bonds is 2. The van der Waals surface area contributed by atoms with Crippen LogP contribution in [-0.4, -0.2) is 17.6 Å². The van der Waals surface area contributed by atoms with E-state index in [4.69, 9.17) is 11.6 Å². The largest absolute Gasteiger partial charge is 0.416 e. The lowest BCUT2D eigenvalue weighted by molar-refractivity contribution is -0.137. The summed E-state index contributed by atoms with van der Waals surface area (Å²) in [5, 5.41) is 4.67. The van der Waals surface area contributed by atoms with Crippen LogP contribution in [0.1, 0.15) is 24.1 Å². The Balaban J connectivity index is 1.64. The maximum absolute atomic E-state index is 12.6. The lowest BCUT2D eigenvalue weighted by Gasteiger charge is -2.19. The number of urea groups is 1. The number of hydrazine groups is 1. The molecule has 3 rings (SSSR count). The summed E-state index contributed by atoms with van der Waals surface area (Å²) < 4.78 is 37.8. The third-order valence-electron chi connectivity index (χ3n) is 4.27. The van der Waals surface area contributed by atoms with Crippen molar-refractivity contribution in [3.8, 4) is 0 Å². The van der Waals surface area contributed by atoms with Crippen LogP contribution < -0.4 is 10.7 Å². The van der Waals surface area contributed by atoms with Crippen LogP contribution in [0.5, 0.6) is 0 Å². The average Bonchev–Trinajstić information content (AvgIpc) is 2.97. The first kappa shape index (κ1) is 18.5. The molecule has 0 aromatic heterocycles. The molecule has 2 atom stereocenters. The molecule has 1 heterocycles. The van der Waals surface area contributed by atoms with Crippen LogP contribution >= 0.6 is 11.6 Å². The zero-order valence-electron chi connectivity index (χ0n) is 13.8. The van der Waals surface area contributed by atoms with E-state index in [0.29, 0.717) is 17.3 Å². The van der Waals surface area contributed by atoms with Gasteiger partial charge in [0, 0.05) is 17.3 Å². The van der Waals surface area contributed by atoms with Crippen LogP contribution in [0, 0.1) is 5.92 Å². The molecule has 2 aromatic carbocycles. The SMILES string of the molecule is CC1CN(C(=O)Nc2ccc(C(F)(F)F)cc2)NC1c1ccc(Cl)cc1. The Morgan fingerprint density at radius 2 is 1.77 bits per heavy atom. The van der Waals surface area contributed by atoms with Gasteiger partial charge in [-0.3, -0.25) is 5.01 Å². The van der Waals surface area contributed by atoms with Gasteiger partial charge in [-0.05, 0) is 47.9 Å². The van der Waals surface area contributed by atoms with Gasteiger partial charge in [0.15, 0.2) is 0 Å². The number of hydrogen-bond acceptors (Lipinski definition) is 2. The second kappa shape index (κ2) is 7.17. The van der Waals surface area contributed by atoms with Gasteiger partial charge in [0.2, 0.25) is 0 Å². The normalized spacial score (nSPS) is 20.3. The number of carbonyl (C=O) groups excluding carboxylic acids is 1. The first-order valence-electron chi connectivity index (χ1n) is 8.01. The van der Waals surface area contributed by atoms with E-state index in [1.165, 1.54) is 17.1 Å². The summed E-state index contributed by atoms with van der Waals surface area (Å²) in [6.45, 7) is 2.48. The summed E-state index contributed by atoms with van der Waals surface area (Å²) in [6, 6.07) is 11.2. The number of benzene rings is 2. The molecule has 0 radical (unpaired) electrons. The van der Waals surface area contributed by atoms with Gasteiger partial charge in [0.1, 0.15) is 0 Å². The lowest BCUT2D eigenvalue weighted by Crippen LogP contribution is -2.40.